The number of carbonyl (C=O) groups excluding carboxylic acids is 1. The third kappa shape index (κ3) is 4.83. The molecule has 16 heavy (non-hydrogen) atoms. The normalized spacial score (nSPS) is 17.1. The first-order valence-corrected chi connectivity index (χ1v) is 7.39. The monoisotopic (exact) mass is 259 g/mol. The van der Waals surface area contributed by atoms with Crippen LogP contribution in [0.15, 0.2) is 0 Å². The van der Waals surface area contributed by atoms with Crippen molar-refractivity contribution in [3.05, 3.63) is 0 Å². The number of Topliss-reactive ketones (excluding diaryl/α,β-unsaturated/α-hetero) is 1. The standard InChI is InChI=1S/C12H21NOS2/c1-10(14)8-9-16-12(15)13(2)11-6-4-3-5-7-11/h11H,3-9H2,1-2H3. The lowest BCUT2D eigenvalue weighted by Gasteiger charge is -2.32. The zero-order valence-electron chi connectivity index (χ0n) is 10.2. The van der Waals surface area contributed by atoms with Gasteiger partial charge < -0.3 is 4.90 Å². The van der Waals surface area contributed by atoms with E-state index in [-0.39, 0.29) is 5.78 Å². The predicted octanol–water partition coefficient (Wildman–Crippen LogP) is 3.25. The van der Waals surface area contributed by atoms with E-state index in [1.54, 1.807) is 18.7 Å². The largest absolute Gasteiger partial charge is 0.358 e. The number of hydrogen-bond acceptors (Lipinski definition) is 3. The summed E-state index contributed by atoms with van der Waals surface area (Å²) in [6.45, 7) is 1.63. The van der Waals surface area contributed by atoms with Crippen LogP contribution in [0.25, 0.3) is 0 Å². The van der Waals surface area contributed by atoms with Crippen molar-refractivity contribution in [2.75, 3.05) is 12.8 Å². The highest BCUT2D eigenvalue weighted by Crippen LogP contribution is 2.24. The minimum absolute atomic E-state index is 0.246. The van der Waals surface area contributed by atoms with E-state index >= 15 is 0 Å². The summed E-state index contributed by atoms with van der Waals surface area (Å²) < 4.78 is 0.952. The third-order valence-electron chi connectivity index (χ3n) is 3.09. The van der Waals surface area contributed by atoms with E-state index in [0.717, 1.165) is 10.1 Å². The average molecular weight is 259 g/mol. The molecule has 0 aromatic heterocycles. The Bertz CT molecular complexity index is 249. The number of hydrogen-bond donors (Lipinski definition) is 0. The van der Waals surface area contributed by atoms with Crippen molar-refractivity contribution < 1.29 is 4.79 Å². The van der Waals surface area contributed by atoms with Gasteiger partial charge >= 0.3 is 0 Å². The van der Waals surface area contributed by atoms with Gasteiger partial charge in [0.1, 0.15) is 10.1 Å². The Morgan fingerprint density at radius 2 is 2.00 bits per heavy atom. The Kier molecular flexibility index (Phi) is 6.36. The summed E-state index contributed by atoms with van der Waals surface area (Å²) in [5.74, 6) is 1.07. The number of thiocarbonyl (C=S) groups is 1. The molecule has 2 nitrogen and oxygen atoms in total. The summed E-state index contributed by atoms with van der Waals surface area (Å²) in [6, 6.07) is 0.631. The van der Waals surface area contributed by atoms with Crippen molar-refractivity contribution in [2.24, 2.45) is 0 Å². The van der Waals surface area contributed by atoms with Gasteiger partial charge in [-0.2, -0.15) is 0 Å². The molecule has 1 fully saturated rings. The fraction of sp³-hybridized carbons (Fsp3) is 0.833. The van der Waals surface area contributed by atoms with E-state index in [4.69, 9.17) is 12.2 Å². The minimum atomic E-state index is 0.246. The Hall–Kier alpha value is -0.0900. The molecule has 1 aliphatic rings. The summed E-state index contributed by atoms with van der Waals surface area (Å²) in [5.41, 5.74) is 0. The number of ketones is 1. The Balaban J connectivity index is 2.26. The summed E-state index contributed by atoms with van der Waals surface area (Å²) in [6.07, 6.45) is 7.19. The number of rotatable bonds is 4. The molecule has 0 bridgehead atoms. The van der Waals surface area contributed by atoms with Crippen molar-refractivity contribution in [3.63, 3.8) is 0 Å². The van der Waals surface area contributed by atoms with Gasteiger partial charge in [0, 0.05) is 25.3 Å². The molecule has 0 radical (unpaired) electrons. The van der Waals surface area contributed by atoms with Crippen molar-refractivity contribution in [2.45, 2.75) is 51.5 Å². The van der Waals surface area contributed by atoms with E-state index in [1.165, 1.54) is 32.1 Å². The molecule has 0 amide bonds. The van der Waals surface area contributed by atoms with Crippen LogP contribution in [-0.2, 0) is 4.79 Å². The van der Waals surface area contributed by atoms with E-state index < -0.39 is 0 Å². The van der Waals surface area contributed by atoms with Gasteiger partial charge in [-0.15, -0.1) is 0 Å². The fourth-order valence-corrected chi connectivity index (χ4v) is 3.32. The SMILES string of the molecule is CC(=O)CCSC(=S)N(C)C1CCCCC1. The lowest BCUT2D eigenvalue weighted by molar-refractivity contribution is -0.116. The molecule has 0 spiro atoms. The van der Waals surface area contributed by atoms with Gasteiger partial charge in [-0.3, -0.25) is 4.79 Å². The van der Waals surface area contributed by atoms with Gasteiger partial charge in [-0.1, -0.05) is 43.2 Å². The maximum absolute atomic E-state index is 10.8. The van der Waals surface area contributed by atoms with Crippen molar-refractivity contribution in [3.8, 4) is 0 Å². The number of nitrogens with zero attached hydrogens (tertiary/aromatic N) is 1. The highest BCUT2D eigenvalue weighted by molar-refractivity contribution is 8.22. The van der Waals surface area contributed by atoms with E-state index in [0.29, 0.717) is 12.5 Å². The maximum Gasteiger partial charge on any atom is 0.136 e. The predicted molar refractivity (Wildman–Crippen MR) is 75.0 cm³/mol. The van der Waals surface area contributed by atoms with Gasteiger partial charge in [0.25, 0.3) is 0 Å². The first kappa shape index (κ1) is 14.0. The molecular formula is C12H21NOS2. The van der Waals surface area contributed by atoms with Crippen LogP contribution in [0.3, 0.4) is 0 Å². The van der Waals surface area contributed by atoms with Gasteiger partial charge in [-0.05, 0) is 19.8 Å². The van der Waals surface area contributed by atoms with Crippen molar-refractivity contribution >= 4 is 34.1 Å². The van der Waals surface area contributed by atoms with Crippen LogP contribution >= 0.6 is 24.0 Å². The van der Waals surface area contributed by atoms with Crippen molar-refractivity contribution in [1.29, 1.82) is 0 Å². The molecule has 0 saturated heterocycles. The lowest BCUT2D eigenvalue weighted by atomic mass is 9.95. The highest BCUT2D eigenvalue weighted by atomic mass is 32.2. The van der Waals surface area contributed by atoms with Crippen LogP contribution in [-0.4, -0.2) is 33.8 Å². The van der Waals surface area contributed by atoms with E-state index in [9.17, 15) is 4.79 Å². The molecule has 1 rings (SSSR count). The lowest BCUT2D eigenvalue weighted by Crippen LogP contribution is -2.36. The molecule has 0 aliphatic heterocycles. The molecular weight excluding hydrogens is 238 g/mol. The number of thioether (sulfide) groups is 1. The molecule has 0 unspecified atom stereocenters. The van der Waals surface area contributed by atoms with Gasteiger partial charge in [-0.25, -0.2) is 0 Å². The first-order valence-electron chi connectivity index (χ1n) is 6.00. The molecule has 0 N–H and O–H groups in total. The fourth-order valence-electron chi connectivity index (χ4n) is 2.00. The molecule has 0 atom stereocenters. The van der Waals surface area contributed by atoms with Crippen LogP contribution in [0.4, 0.5) is 0 Å². The zero-order valence-corrected chi connectivity index (χ0v) is 11.8. The highest BCUT2D eigenvalue weighted by Gasteiger charge is 2.19. The zero-order chi connectivity index (χ0) is 12.0. The van der Waals surface area contributed by atoms with Crippen LogP contribution in [0, 0.1) is 0 Å². The molecule has 0 aromatic carbocycles. The third-order valence-corrected chi connectivity index (χ3v) is 4.67. The molecule has 0 aromatic rings. The minimum Gasteiger partial charge on any atom is -0.358 e. The molecule has 1 aliphatic carbocycles. The Morgan fingerprint density at radius 3 is 2.56 bits per heavy atom. The molecule has 4 heteroatoms. The smallest absolute Gasteiger partial charge is 0.136 e. The average Bonchev–Trinajstić information content (AvgIpc) is 2.28. The summed E-state index contributed by atoms with van der Waals surface area (Å²) in [4.78, 5) is 13.1. The van der Waals surface area contributed by atoms with E-state index in [1.807, 2.05) is 0 Å². The summed E-state index contributed by atoms with van der Waals surface area (Å²) in [5, 5.41) is 0. The Labute approximate surface area is 108 Å². The van der Waals surface area contributed by atoms with Crippen LogP contribution in [0.1, 0.15) is 45.4 Å². The van der Waals surface area contributed by atoms with Crippen LogP contribution < -0.4 is 0 Å². The second-order valence-electron chi connectivity index (χ2n) is 4.47. The molecule has 1 saturated carbocycles. The Morgan fingerprint density at radius 1 is 1.38 bits per heavy atom. The second-order valence-corrected chi connectivity index (χ2v) is 6.20. The number of carbonyl (C=O) groups is 1. The second kappa shape index (κ2) is 7.28. The quantitative estimate of drug-likeness (QED) is 0.722. The van der Waals surface area contributed by atoms with E-state index in [2.05, 4.69) is 11.9 Å². The van der Waals surface area contributed by atoms with Crippen LogP contribution in [0.2, 0.25) is 0 Å². The van der Waals surface area contributed by atoms with Gasteiger partial charge in [0.05, 0.1) is 0 Å². The van der Waals surface area contributed by atoms with Crippen molar-refractivity contribution in [1.82, 2.24) is 4.90 Å². The first-order chi connectivity index (χ1) is 7.61. The molecule has 92 valence electrons. The topological polar surface area (TPSA) is 20.3 Å². The van der Waals surface area contributed by atoms with Crippen LogP contribution in [0.5, 0.6) is 0 Å². The summed E-state index contributed by atoms with van der Waals surface area (Å²) in [7, 11) is 2.10. The molecule has 0 heterocycles. The van der Waals surface area contributed by atoms with Gasteiger partial charge in [0.15, 0.2) is 0 Å². The maximum atomic E-state index is 10.8. The van der Waals surface area contributed by atoms with Gasteiger partial charge in [0.2, 0.25) is 0 Å². The summed E-state index contributed by atoms with van der Waals surface area (Å²) >= 11 is 7.03.